The molecule has 1 aliphatic heterocycles. The van der Waals surface area contributed by atoms with Gasteiger partial charge in [-0.2, -0.15) is 0 Å². The summed E-state index contributed by atoms with van der Waals surface area (Å²) in [5.74, 6) is -0.965. The highest BCUT2D eigenvalue weighted by molar-refractivity contribution is 7.80. The van der Waals surface area contributed by atoms with Gasteiger partial charge in [0.05, 0.1) is 11.1 Å². The molecule has 0 fully saturated rings. The third-order valence-corrected chi connectivity index (χ3v) is 3.25. The van der Waals surface area contributed by atoms with Gasteiger partial charge < -0.3 is 0 Å². The number of benzene rings is 1. The predicted molar refractivity (Wildman–Crippen MR) is 82.4 cm³/mol. The second kappa shape index (κ2) is 6.56. The van der Waals surface area contributed by atoms with Crippen LogP contribution in [0.3, 0.4) is 0 Å². The molecule has 1 heterocycles. The SMILES string of the molecule is C=CC1=C(/C=C\C)C(=O)N(OCc2ccc(S)cc2)C1=O. The number of rotatable bonds is 5. The van der Waals surface area contributed by atoms with Gasteiger partial charge in [-0.15, -0.1) is 17.7 Å². The molecule has 4 nitrogen and oxygen atoms in total. The topological polar surface area (TPSA) is 46.6 Å². The highest BCUT2D eigenvalue weighted by atomic mass is 32.1. The first-order valence-corrected chi connectivity index (χ1v) is 6.82. The summed E-state index contributed by atoms with van der Waals surface area (Å²) in [5, 5.41) is 0.779. The Morgan fingerprint density at radius 3 is 2.38 bits per heavy atom. The van der Waals surface area contributed by atoms with E-state index in [4.69, 9.17) is 4.84 Å². The van der Waals surface area contributed by atoms with Crippen LogP contribution in [0.1, 0.15) is 12.5 Å². The number of carbonyl (C=O) groups is 2. The van der Waals surface area contributed by atoms with Crippen LogP contribution in [0.25, 0.3) is 0 Å². The van der Waals surface area contributed by atoms with E-state index in [9.17, 15) is 9.59 Å². The molecule has 2 amide bonds. The van der Waals surface area contributed by atoms with Crippen molar-refractivity contribution in [2.45, 2.75) is 18.4 Å². The average molecular weight is 301 g/mol. The number of hydrogen-bond acceptors (Lipinski definition) is 4. The van der Waals surface area contributed by atoms with Gasteiger partial charge in [0, 0.05) is 4.90 Å². The van der Waals surface area contributed by atoms with Crippen molar-refractivity contribution in [1.82, 2.24) is 5.06 Å². The van der Waals surface area contributed by atoms with Crippen LogP contribution in [0.4, 0.5) is 0 Å². The van der Waals surface area contributed by atoms with Crippen molar-refractivity contribution < 1.29 is 14.4 Å². The molecule has 0 spiro atoms. The molecule has 1 aliphatic rings. The number of nitrogens with zero attached hydrogens (tertiary/aromatic N) is 1. The van der Waals surface area contributed by atoms with E-state index in [1.807, 2.05) is 24.3 Å². The van der Waals surface area contributed by atoms with E-state index in [-0.39, 0.29) is 12.2 Å². The largest absolute Gasteiger partial charge is 0.285 e. The third kappa shape index (κ3) is 3.15. The maximum absolute atomic E-state index is 12.2. The molecule has 0 radical (unpaired) electrons. The zero-order valence-corrected chi connectivity index (χ0v) is 12.5. The molecular formula is C16H15NO3S. The Bertz CT molecular complexity index is 644. The van der Waals surface area contributed by atoms with Crippen LogP contribution < -0.4 is 0 Å². The Morgan fingerprint density at radius 1 is 1.19 bits per heavy atom. The smallest absolute Gasteiger partial charge is 0.266 e. The number of hydroxylamine groups is 2. The van der Waals surface area contributed by atoms with Crippen molar-refractivity contribution in [3.63, 3.8) is 0 Å². The fourth-order valence-electron chi connectivity index (χ4n) is 1.91. The standard InChI is InChI=1S/C16H15NO3S/c1-3-5-14-13(4-2)15(18)17(16(14)19)20-10-11-6-8-12(21)9-7-11/h3-9,21H,2,10H2,1H3/b5-3-. The molecule has 0 unspecified atom stereocenters. The van der Waals surface area contributed by atoms with Gasteiger partial charge in [0.1, 0.15) is 6.61 Å². The maximum Gasteiger partial charge on any atom is 0.285 e. The van der Waals surface area contributed by atoms with Gasteiger partial charge in [-0.25, -0.2) is 0 Å². The van der Waals surface area contributed by atoms with Gasteiger partial charge in [0.2, 0.25) is 0 Å². The van der Waals surface area contributed by atoms with Gasteiger partial charge in [0.15, 0.2) is 0 Å². The van der Waals surface area contributed by atoms with E-state index in [1.165, 1.54) is 6.08 Å². The highest BCUT2D eigenvalue weighted by Crippen LogP contribution is 2.23. The number of hydrogen-bond donors (Lipinski definition) is 1. The van der Waals surface area contributed by atoms with Crippen LogP contribution >= 0.6 is 12.6 Å². The number of imide groups is 1. The minimum Gasteiger partial charge on any atom is -0.266 e. The Labute approximate surface area is 128 Å². The number of thiol groups is 1. The Kier molecular flexibility index (Phi) is 4.77. The van der Waals surface area contributed by atoms with Gasteiger partial charge in [-0.3, -0.25) is 14.4 Å². The number of amides is 2. The van der Waals surface area contributed by atoms with Crippen LogP contribution in [0.15, 0.2) is 65.1 Å². The van der Waals surface area contributed by atoms with Gasteiger partial charge in [0.25, 0.3) is 11.8 Å². The lowest BCUT2D eigenvalue weighted by Gasteiger charge is -2.14. The van der Waals surface area contributed by atoms with E-state index in [1.54, 1.807) is 19.1 Å². The second-order valence-corrected chi connectivity index (χ2v) is 4.89. The molecule has 2 rings (SSSR count). The second-order valence-electron chi connectivity index (χ2n) is 4.38. The summed E-state index contributed by atoms with van der Waals surface area (Å²) >= 11 is 4.19. The molecule has 1 aromatic carbocycles. The van der Waals surface area contributed by atoms with E-state index in [2.05, 4.69) is 19.2 Å². The summed E-state index contributed by atoms with van der Waals surface area (Å²) in [5.41, 5.74) is 1.39. The van der Waals surface area contributed by atoms with Gasteiger partial charge >= 0.3 is 0 Å². The van der Waals surface area contributed by atoms with Crippen LogP contribution in [0.2, 0.25) is 0 Å². The molecular weight excluding hydrogens is 286 g/mol. The number of allylic oxidation sites excluding steroid dienone is 1. The molecule has 0 saturated heterocycles. The maximum atomic E-state index is 12.2. The number of carbonyl (C=O) groups excluding carboxylic acids is 2. The van der Waals surface area contributed by atoms with Crippen LogP contribution in [-0.4, -0.2) is 16.9 Å². The van der Waals surface area contributed by atoms with Crippen molar-refractivity contribution in [3.8, 4) is 0 Å². The van der Waals surface area contributed by atoms with Crippen molar-refractivity contribution in [3.05, 3.63) is 65.8 Å². The Morgan fingerprint density at radius 2 is 1.81 bits per heavy atom. The molecule has 0 aliphatic carbocycles. The zero-order valence-electron chi connectivity index (χ0n) is 11.6. The summed E-state index contributed by atoms with van der Waals surface area (Å²) in [4.78, 5) is 30.5. The normalized spacial score (nSPS) is 15.4. The summed E-state index contributed by atoms with van der Waals surface area (Å²) in [7, 11) is 0. The molecule has 108 valence electrons. The van der Waals surface area contributed by atoms with Crippen molar-refractivity contribution in [1.29, 1.82) is 0 Å². The summed E-state index contributed by atoms with van der Waals surface area (Å²) in [6, 6.07) is 7.27. The lowest BCUT2D eigenvalue weighted by molar-refractivity contribution is -0.189. The molecule has 0 N–H and O–H groups in total. The first-order chi connectivity index (χ1) is 10.1. The van der Waals surface area contributed by atoms with Crippen LogP contribution in [-0.2, 0) is 21.0 Å². The molecule has 0 bridgehead atoms. The van der Waals surface area contributed by atoms with E-state index >= 15 is 0 Å². The monoisotopic (exact) mass is 301 g/mol. The fourth-order valence-corrected chi connectivity index (χ4v) is 2.06. The van der Waals surface area contributed by atoms with Crippen LogP contribution in [0.5, 0.6) is 0 Å². The first kappa shape index (κ1) is 15.3. The minimum atomic E-state index is -0.492. The quantitative estimate of drug-likeness (QED) is 0.672. The average Bonchev–Trinajstić information content (AvgIpc) is 2.70. The summed E-state index contributed by atoms with van der Waals surface area (Å²) < 4.78 is 0. The van der Waals surface area contributed by atoms with E-state index < -0.39 is 11.8 Å². The highest BCUT2D eigenvalue weighted by Gasteiger charge is 2.36. The van der Waals surface area contributed by atoms with Crippen molar-refractivity contribution in [2.75, 3.05) is 0 Å². The van der Waals surface area contributed by atoms with E-state index in [0.29, 0.717) is 5.57 Å². The lowest BCUT2D eigenvalue weighted by atomic mass is 10.1. The zero-order chi connectivity index (χ0) is 15.4. The van der Waals surface area contributed by atoms with E-state index in [0.717, 1.165) is 15.5 Å². The van der Waals surface area contributed by atoms with Gasteiger partial charge in [-0.05, 0) is 24.6 Å². The van der Waals surface area contributed by atoms with Crippen molar-refractivity contribution in [2.24, 2.45) is 0 Å². The van der Waals surface area contributed by atoms with Crippen molar-refractivity contribution >= 4 is 24.4 Å². The Balaban J connectivity index is 2.12. The Hall–Kier alpha value is -2.11. The molecule has 1 aromatic rings. The van der Waals surface area contributed by atoms with Gasteiger partial charge in [-0.1, -0.05) is 36.9 Å². The molecule has 0 atom stereocenters. The predicted octanol–water partition coefficient (Wildman–Crippen LogP) is 2.83. The molecule has 0 saturated carbocycles. The third-order valence-electron chi connectivity index (χ3n) is 2.95. The summed E-state index contributed by atoms with van der Waals surface area (Å²) in [6.07, 6.45) is 4.64. The summed E-state index contributed by atoms with van der Waals surface area (Å²) in [6.45, 7) is 5.46. The molecule has 0 aromatic heterocycles. The van der Waals surface area contributed by atoms with Crippen LogP contribution in [0, 0.1) is 0 Å². The minimum absolute atomic E-state index is 0.124. The lowest BCUT2D eigenvalue weighted by Crippen LogP contribution is -2.31. The first-order valence-electron chi connectivity index (χ1n) is 6.37. The fraction of sp³-hybridized carbons (Fsp3) is 0.125. The molecule has 21 heavy (non-hydrogen) atoms. The molecule has 5 heteroatoms.